The van der Waals surface area contributed by atoms with Gasteiger partial charge < -0.3 is 4.90 Å². The van der Waals surface area contributed by atoms with Gasteiger partial charge in [0, 0.05) is 19.3 Å². The molecule has 0 bridgehead atoms. The first-order chi connectivity index (χ1) is 5.38. The quantitative estimate of drug-likeness (QED) is 0.601. The summed E-state index contributed by atoms with van der Waals surface area (Å²) in [6.07, 6.45) is 3.17. The molecule has 0 amide bonds. The number of nitrogens with zero attached hydrogens (tertiary/aromatic N) is 2. The summed E-state index contributed by atoms with van der Waals surface area (Å²) in [6.45, 7) is 4.46. The molecule has 1 aliphatic heterocycles. The largest absolute Gasteiger partial charge is 0.370 e. The average molecular weight is 148 g/mol. The van der Waals surface area contributed by atoms with Crippen LogP contribution in [0.1, 0.15) is 12.1 Å². The van der Waals surface area contributed by atoms with Gasteiger partial charge in [-0.15, -0.1) is 0 Å². The maximum Gasteiger partial charge on any atom is 0.0605 e. The standard InChI is InChI=1S/C9H12N2/c1-8-9(4-2-5-10-8)11-6-3-7-11/h2,4-5H,3,6-7H2,1H3. The summed E-state index contributed by atoms with van der Waals surface area (Å²) in [6, 6.07) is 4.14. The van der Waals surface area contributed by atoms with Gasteiger partial charge in [0.1, 0.15) is 0 Å². The molecule has 1 saturated heterocycles. The minimum Gasteiger partial charge on any atom is -0.370 e. The molecule has 0 radical (unpaired) electrons. The topological polar surface area (TPSA) is 16.1 Å². The maximum absolute atomic E-state index is 4.24. The minimum atomic E-state index is 1.15. The molecular weight excluding hydrogens is 136 g/mol. The Morgan fingerprint density at radius 3 is 2.82 bits per heavy atom. The van der Waals surface area contributed by atoms with Crippen molar-refractivity contribution in [3.63, 3.8) is 0 Å². The van der Waals surface area contributed by atoms with Crippen molar-refractivity contribution < 1.29 is 0 Å². The molecule has 11 heavy (non-hydrogen) atoms. The van der Waals surface area contributed by atoms with Crippen molar-refractivity contribution >= 4 is 5.69 Å². The van der Waals surface area contributed by atoms with Gasteiger partial charge in [0.15, 0.2) is 0 Å². The third-order valence-electron chi connectivity index (χ3n) is 2.18. The summed E-state index contributed by atoms with van der Waals surface area (Å²) < 4.78 is 0. The summed E-state index contributed by atoms with van der Waals surface area (Å²) in [4.78, 5) is 6.60. The smallest absolute Gasteiger partial charge is 0.0605 e. The molecule has 2 heteroatoms. The number of anilines is 1. The Labute approximate surface area is 66.9 Å². The summed E-state index contributed by atoms with van der Waals surface area (Å²) in [5, 5.41) is 0. The van der Waals surface area contributed by atoms with E-state index in [1.807, 2.05) is 12.3 Å². The van der Waals surface area contributed by atoms with E-state index in [9.17, 15) is 0 Å². The lowest BCUT2D eigenvalue weighted by Crippen LogP contribution is -2.37. The monoisotopic (exact) mass is 148 g/mol. The fourth-order valence-corrected chi connectivity index (χ4v) is 1.37. The molecule has 1 aromatic heterocycles. The van der Waals surface area contributed by atoms with Crippen molar-refractivity contribution in [1.29, 1.82) is 0 Å². The summed E-state index contributed by atoms with van der Waals surface area (Å²) in [5.74, 6) is 0. The summed E-state index contributed by atoms with van der Waals surface area (Å²) in [7, 11) is 0. The molecule has 1 fully saturated rings. The molecule has 2 nitrogen and oxygen atoms in total. The lowest BCUT2D eigenvalue weighted by Gasteiger charge is -2.33. The second-order valence-corrected chi connectivity index (χ2v) is 2.95. The Kier molecular flexibility index (Phi) is 1.53. The molecule has 58 valence electrons. The highest BCUT2D eigenvalue weighted by Crippen LogP contribution is 2.21. The Morgan fingerprint density at radius 1 is 1.45 bits per heavy atom. The van der Waals surface area contributed by atoms with E-state index < -0.39 is 0 Å². The molecule has 0 saturated carbocycles. The van der Waals surface area contributed by atoms with Gasteiger partial charge in [0.25, 0.3) is 0 Å². The van der Waals surface area contributed by atoms with Crippen LogP contribution < -0.4 is 4.90 Å². The first kappa shape index (κ1) is 6.65. The molecule has 1 aromatic rings. The lowest BCUT2D eigenvalue weighted by atomic mass is 10.2. The van der Waals surface area contributed by atoms with Crippen LogP contribution in [0.5, 0.6) is 0 Å². The molecule has 0 N–H and O–H groups in total. The van der Waals surface area contributed by atoms with Crippen molar-refractivity contribution in [1.82, 2.24) is 4.98 Å². The molecule has 0 aliphatic carbocycles. The first-order valence-corrected chi connectivity index (χ1v) is 4.04. The average Bonchev–Trinajstić information content (AvgIpc) is 1.90. The van der Waals surface area contributed by atoms with Gasteiger partial charge in [0.2, 0.25) is 0 Å². The third-order valence-corrected chi connectivity index (χ3v) is 2.18. The van der Waals surface area contributed by atoms with Crippen LogP contribution in [0.2, 0.25) is 0 Å². The van der Waals surface area contributed by atoms with Crippen LogP contribution in [0, 0.1) is 6.92 Å². The van der Waals surface area contributed by atoms with Crippen molar-refractivity contribution in [2.75, 3.05) is 18.0 Å². The van der Waals surface area contributed by atoms with Crippen LogP contribution in [0.25, 0.3) is 0 Å². The van der Waals surface area contributed by atoms with Gasteiger partial charge >= 0.3 is 0 Å². The molecule has 0 aromatic carbocycles. The molecule has 2 heterocycles. The summed E-state index contributed by atoms with van der Waals surface area (Å²) in [5.41, 5.74) is 2.45. The zero-order valence-corrected chi connectivity index (χ0v) is 6.75. The predicted octanol–water partition coefficient (Wildman–Crippen LogP) is 1.60. The first-order valence-electron chi connectivity index (χ1n) is 4.04. The van der Waals surface area contributed by atoms with Gasteiger partial charge in [0.05, 0.1) is 11.4 Å². The Bertz CT molecular complexity index is 253. The van der Waals surface area contributed by atoms with Crippen LogP contribution in [-0.2, 0) is 0 Å². The zero-order valence-electron chi connectivity index (χ0n) is 6.75. The molecule has 0 unspecified atom stereocenters. The van der Waals surface area contributed by atoms with E-state index in [2.05, 4.69) is 22.9 Å². The van der Waals surface area contributed by atoms with Gasteiger partial charge in [-0.2, -0.15) is 0 Å². The van der Waals surface area contributed by atoms with Gasteiger partial charge in [-0.05, 0) is 25.5 Å². The molecule has 2 rings (SSSR count). The van der Waals surface area contributed by atoms with Crippen molar-refractivity contribution in [3.05, 3.63) is 24.0 Å². The van der Waals surface area contributed by atoms with Gasteiger partial charge in [-0.25, -0.2) is 0 Å². The maximum atomic E-state index is 4.24. The molecule has 0 spiro atoms. The van der Waals surface area contributed by atoms with Crippen LogP contribution in [0.15, 0.2) is 18.3 Å². The van der Waals surface area contributed by atoms with Crippen LogP contribution in [-0.4, -0.2) is 18.1 Å². The van der Waals surface area contributed by atoms with E-state index in [0.29, 0.717) is 0 Å². The van der Waals surface area contributed by atoms with Crippen molar-refractivity contribution in [2.24, 2.45) is 0 Å². The number of hydrogen-bond acceptors (Lipinski definition) is 2. The number of aromatic nitrogens is 1. The van der Waals surface area contributed by atoms with E-state index in [1.54, 1.807) is 0 Å². The minimum absolute atomic E-state index is 1.15. The van der Waals surface area contributed by atoms with Crippen LogP contribution >= 0.6 is 0 Å². The Hall–Kier alpha value is -1.05. The number of pyridine rings is 1. The van der Waals surface area contributed by atoms with Gasteiger partial charge in [-0.3, -0.25) is 4.98 Å². The second-order valence-electron chi connectivity index (χ2n) is 2.95. The second kappa shape index (κ2) is 2.53. The Balaban J connectivity index is 2.28. The van der Waals surface area contributed by atoms with E-state index in [4.69, 9.17) is 0 Å². The van der Waals surface area contributed by atoms with Crippen LogP contribution in [0.4, 0.5) is 5.69 Å². The van der Waals surface area contributed by atoms with E-state index >= 15 is 0 Å². The number of rotatable bonds is 1. The predicted molar refractivity (Wildman–Crippen MR) is 45.8 cm³/mol. The van der Waals surface area contributed by atoms with E-state index in [0.717, 1.165) is 5.69 Å². The third kappa shape index (κ3) is 1.09. The van der Waals surface area contributed by atoms with E-state index in [1.165, 1.54) is 25.2 Å². The molecule has 0 atom stereocenters. The van der Waals surface area contributed by atoms with Crippen molar-refractivity contribution in [2.45, 2.75) is 13.3 Å². The zero-order chi connectivity index (χ0) is 7.68. The Morgan fingerprint density at radius 2 is 2.27 bits per heavy atom. The normalized spacial score (nSPS) is 16.3. The molecule has 1 aliphatic rings. The van der Waals surface area contributed by atoms with Crippen LogP contribution in [0.3, 0.4) is 0 Å². The fourth-order valence-electron chi connectivity index (χ4n) is 1.37. The highest BCUT2D eigenvalue weighted by Gasteiger charge is 2.15. The lowest BCUT2D eigenvalue weighted by molar-refractivity contribution is 0.614. The van der Waals surface area contributed by atoms with Crippen molar-refractivity contribution in [3.8, 4) is 0 Å². The SMILES string of the molecule is Cc1ncccc1N1CCC1. The fraction of sp³-hybridized carbons (Fsp3) is 0.444. The number of hydrogen-bond donors (Lipinski definition) is 0. The highest BCUT2D eigenvalue weighted by atomic mass is 15.2. The van der Waals surface area contributed by atoms with E-state index in [-0.39, 0.29) is 0 Å². The highest BCUT2D eigenvalue weighted by molar-refractivity contribution is 5.51. The molecular formula is C9H12N2. The van der Waals surface area contributed by atoms with Gasteiger partial charge in [-0.1, -0.05) is 0 Å². The summed E-state index contributed by atoms with van der Waals surface area (Å²) >= 11 is 0. The number of aryl methyl sites for hydroxylation is 1.